The van der Waals surface area contributed by atoms with Gasteiger partial charge in [-0.3, -0.25) is 0 Å². The van der Waals surface area contributed by atoms with Crippen LogP contribution in [0.3, 0.4) is 0 Å². The average molecular weight is 259 g/mol. The summed E-state index contributed by atoms with van der Waals surface area (Å²) in [6, 6.07) is 2.49. The van der Waals surface area contributed by atoms with Crippen molar-refractivity contribution in [1.29, 1.82) is 0 Å². The topological polar surface area (TPSA) is 9.23 Å². The highest BCUT2D eigenvalue weighted by molar-refractivity contribution is 6.31. The number of ether oxygens (including phenoxy) is 1. The summed E-state index contributed by atoms with van der Waals surface area (Å²) in [6.45, 7) is 0. The molecule has 1 rings (SSSR count). The van der Waals surface area contributed by atoms with Crippen LogP contribution in [0.25, 0.3) is 0 Å². The third kappa shape index (κ3) is 2.49. The zero-order valence-corrected chi connectivity index (χ0v) is 9.17. The molecule has 0 unspecified atom stereocenters. The number of hydrogen-bond donors (Lipinski definition) is 0. The minimum Gasteiger partial charge on any atom is -0.496 e. The lowest BCUT2D eigenvalue weighted by Gasteiger charge is -2.15. The lowest BCUT2D eigenvalue weighted by molar-refractivity contribution is -0.138. The van der Waals surface area contributed by atoms with Crippen molar-refractivity contribution in [2.75, 3.05) is 7.11 Å². The Morgan fingerprint density at radius 1 is 1.33 bits per heavy atom. The zero-order chi connectivity index (χ0) is 11.6. The summed E-state index contributed by atoms with van der Waals surface area (Å²) in [4.78, 5) is 0. The summed E-state index contributed by atoms with van der Waals surface area (Å²) in [5.41, 5.74) is -1.07. The van der Waals surface area contributed by atoms with Crippen LogP contribution in [0.15, 0.2) is 12.1 Å². The standard InChI is InChI=1S/C9H7Cl2F3O/c1-15-7-3-2-6(11)8(5(7)4-10)9(12,13)14/h2-3H,4H2,1H3. The summed E-state index contributed by atoms with van der Waals surface area (Å²) >= 11 is 10.9. The van der Waals surface area contributed by atoms with E-state index in [4.69, 9.17) is 27.9 Å². The first-order chi connectivity index (χ1) is 6.91. The molecule has 1 nitrogen and oxygen atoms in total. The van der Waals surface area contributed by atoms with Crippen molar-refractivity contribution in [2.45, 2.75) is 12.1 Å². The molecule has 0 fully saturated rings. The molecule has 0 N–H and O–H groups in total. The Morgan fingerprint density at radius 3 is 2.33 bits per heavy atom. The summed E-state index contributed by atoms with van der Waals surface area (Å²) < 4.78 is 42.6. The fraction of sp³-hybridized carbons (Fsp3) is 0.333. The molecular weight excluding hydrogens is 252 g/mol. The van der Waals surface area contributed by atoms with Crippen molar-refractivity contribution in [3.8, 4) is 5.75 Å². The van der Waals surface area contributed by atoms with Crippen molar-refractivity contribution in [2.24, 2.45) is 0 Å². The van der Waals surface area contributed by atoms with Gasteiger partial charge in [-0.25, -0.2) is 0 Å². The second-order valence-electron chi connectivity index (χ2n) is 2.73. The third-order valence-electron chi connectivity index (χ3n) is 1.86. The second-order valence-corrected chi connectivity index (χ2v) is 3.41. The van der Waals surface area contributed by atoms with E-state index in [0.717, 1.165) is 6.07 Å². The van der Waals surface area contributed by atoms with Crippen LogP contribution in [-0.2, 0) is 12.1 Å². The largest absolute Gasteiger partial charge is 0.496 e. The molecule has 6 heteroatoms. The van der Waals surface area contributed by atoms with E-state index in [2.05, 4.69) is 0 Å². The molecule has 1 aromatic rings. The van der Waals surface area contributed by atoms with E-state index in [1.54, 1.807) is 0 Å². The fourth-order valence-electron chi connectivity index (χ4n) is 1.23. The van der Waals surface area contributed by atoms with Crippen molar-refractivity contribution >= 4 is 23.2 Å². The maximum Gasteiger partial charge on any atom is 0.418 e. The number of benzene rings is 1. The molecule has 0 saturated heterocycles. The van der Waals surface area contributed by atoms with Gasteiger partial charge in [-0.05, 0) is 12.1 Å². The van der Waals surface area contributed by atoms with Crippen LogP contribution in [-0.4, -0.2) is 7.11 Å². The van der Waals surface area contributed by atoms with Crippen molar-refractivity contribution in [3.05, 3.63) is 28.3 Å². The Balaban J connectivity index is 3.46. The Labute approximate surface area is 94.7 Å². The number of hydrogen-bond acceptors (Lipinski definition) is 1. The summed E-state index contributed by atoms with van der Waals surface area (Å²) in [5.74, 6) is -0.222. The van der Waals surface area contributed by atoms with Gasteiger partial charge in [0.05, 0.1) is 23.6 Å². The number of alkyl halides is 4. The van der Waals surface area contributed by atoms with E-state index in [1.165, 1.54) is 13.2 Å². The van der Waals surface area contributed by atoms with Gasteiger partial charge in [-0.1, -0.05) is 11.6 Å². The highest BCUT2D eigenvalue weighted by Gasteiger charge is 2.37. The van der Waals surface area contributed by atoms with Gasteiger partial charge in [-0.15, -0.1) is 11.6 Å². The normalized spacial score (nSPS) is 11.6. The Kier molecular flexibility index (Phi) is 3.73. The highest BCUT2D eigenvalue weighted by Crippen LogP contribution is 2.41. The van der Waals surface area contributed by atoms with Crippen LogP contribution in [0.5, 0.6) is 5.75 Å². The Morgan fingerprint density at radius 2 is 1.93 bits per heavy atom. The predicted molar refractivity (Wildman–Crippen MR) is 52.6 cm³/mol. The molecule has 0 bridgehead atoms. The number of halogens is 5. The van der Waals surface area contributed by atoms with Crippen LogP contribution in [0.4, 0.5) is 13.2 Å². The summed E-state index contributed by atoms with van der Waals surface area (Å²) in [7, 11) is 1.28. The van der Waals surface area contributed by atoms with Crippen LogP contribution in [0.2, 0.25) is 5.02 Å². The molecule has 0 atom stereocenters. The van der Waals surface area contributed by atoms with Crippen LogP contribution in [0, 0.1) is 0 Å². The average Bonchev–Trinajstić information content (AvgIpc) is 2.15. The minimum atomic E-state index is -4.53. The SMILES string of the molecule is COc1ccc(Cl)c(C(F)(F)F)c1CCl. The summed E-state index contributed by atoms with van der Waals surface area (Å²) in [5, 5.41) is -0.376. The maximum absolute atomic E-state index is 12.6. The van der Waals surface area contributed by atoms with Gasteiger partial charge >= 0.3 is 6.18 Å². The van der Waals surface area contributed by atoms with Gasteiger partial charge in [0, 0.05) is 5.56 Å². The molecule has 0 aliphatic carbocycles. The lowest BCUT2D eigenvalue weighted by Crippen LogP contribution is -2.10. The van der Waals surface area contributed by atoms with Gasteiger partial charge in [0.25, 0.3) is 0 Å². The first-order valence-electron chi connectivity index (χ1n) is 3.90. The van der Waals surface area contributed by atoms with Crippen LogP contribution < -0.4 is 4.74 Å². The maximum atomic E-state index is 12.6. The smallest absolute Gasteiger partial charge is 0.418 e. The first kappa shape index (κ1) is 12.5. The fourth-order valence-corrected chi connectivity index (χ4v) is 1.78. The molecule has 1 aromatic carbocycles. The minimum absolute atomic E-state index is 0.0849. The van der Waals surface area contributed by atoms with E-state index in [-0.39, 0.29) is 22.2 Å². The molecule has 0 heterocycles. The van der Waals surface area contributed by atoms with Crippen molar-refractivity contribution < 1.29 is 17.9 Å². The van der Waals surface area contributed by atoms with E-state index >= 15 is 0 Å². The van der Waals surface area contributed by atoms with Gasteiger partial charge < -0.3 is 4.74 Å². The van der Waals surface area contributed by atoms with E-state index in [0.29, 0.717) is 0 Å². The number of methoxy groups -OCH3 is 1. The van der Waals surface area contributed by atoms with Crippen molar-refractivity contribution in [1.82, 2.24) is 0 Å². The lowest BCUT2D eigenvalue weighted by atomic mass is 10.1. The van der Waals surface area contributed by atoms with Crippen LogP contribution in [0.1, 0.15) is 11.1 Å². The Bertz CT molecular complexity index is 363. The number of rotatable bonds is 2. The van der Waals surface area contributed by atoms with E-state index in [1.807, 2.05) is 0 Å². The predicted octanol–water partition coefficient (Wildman–Crippen LogP) is 4.11. The molecule has 0 aromatic heterocycles. The molecule has 0 amide bonds. The molecular formula is C9H7Cl2F3O. The molecule has 84 valence electrons. The summed E-state index contributed by atoms with van der Waals surface area (Å²) in [6.07, 6.45) is -4.53. The van der Waals surface area contributed by atoms with Gasteiger partial charge in [0.2, 0.25) is 0 Å². The van der Waals surface area contributed by atoms with Gasteiger partial charge in [0.1, 0.15) is 5.75 Å². The third-order valence-corrected chi connectivity index (χ3v) is 2.44. The van der Waals surface area contributed by atoms with Gasteiger partial charge in [-0.2, -0.15) is 13.2 Å². The van der Waals surface area contributed by atoms with E-state index in [9.17, 15) is 13.2 Å². The molecule has 0 aliphatic rings. The van der Waals surface area contributed by atoms with Crippen molar-refractivity contribution in [3.63, 3.8) is 0 Å². The monoisotopic (exact) mass is 258 g/mol. The zero-order valence-electron chi connectivity index (χ0n) is 7.66. The molecule has 0 saturated carbocycles. The van der Waals surface area contributed by atoms with E-state index < -0.39 is 11.7 Å². The molecule has 0 radical (unpaired) electrons. The Hall–Kier alpha value is -0.610. The quantitative estimate of drug-likeness (QED) is 0.726. The molecule has 0 spiro atoms. The highest BCUT2D eigenvalue weighted by atomic mass is 35.5. The van der Waals surface area contributed by atoms with Crippen LogP contribution >= 0.6 is 23.2 Å². The molecule has 15 heavy (non-hydrogen) atoms. The molecule has 0 aliphatic heterocycles. The second kappa shape index (κ2) is 4.49. The van der Waals surface area contributed by atoms with Gasteiger partial charge in [0.15, 0.2) is 0 Å². The first-order valence-corrected chi connectivity index (χ1v) is 4.81.